The van der Waals surface area contributed by atoms with Gasteiger partial charge in [-0.1, -0.05) is 26.2 Å². The van der Waals surface area contributed by atoms with Gasteiger partial charge in [0.15, 0.2) is 0 Å². The third-order valence-electron chi connectivity index (χ3n) is 4.41. The first-order valence-electron chi connectivity index (χ1n) is 8.08. The van der Waals surface area contributed by atoms with Gasteiger partial charge in [0.05, 0.1) is 17.3 Å². The Hall–Kier alpha value is -0.870. The standard InChI is InChI=1S/C16H29N3O/c1-4-12-17-15(14-9-13-18-19(14)3)16(20-5-2)10-7-6-8-11-16/h9,13,15,17H,4-8,10-12H2,1-3H3. The Morgan fingerprint density at radius 2 is 2.10 bits per heavy atom. The summed E-state index contributed by atoms with van der Waals surface area (Å²) in [6.07, 6.45) is 9.18. The minimum Gasteiger partial charge on any atom is -0.373 e. The Morgan fingerprint density at radius 3 is 2.65 bits per heavy atom. The molecule has 0 aliphatic heterocycles. The lowest BCUT2D eigenvalue weighted by Gasteiger charge is -2.43. The first-order chi connectivity index (χ1) is 9.73. The van der Waals surface area contributed by atoms with E-state index in [4.69, 9.17) is 4.74 Å². The van der Waals surface area contributed by atoms with Crippen molar-refractivity contribution in [2.24, 2.45) is 7.05 Å². The number of hydrogen-bond donors (Lipinski definition) is 1. The summed E-state index contributed by atoms with van der Waals surface area (Å²) in [6.45, 7) is 6.12. The fourth-order valence-electron chi connectivity index (χ4n) is 3.47. The van der Waals surface area contributed by atoms with Crippen molar-refractivity contribution in [3.8, 4) is 0 Å². The summed E-state index contributed by atoms with van der Waals surface area (Å²) in [6, 6.07) is 2.37. The average Bonchev–Trinajstić information content (AvgIpc) is 2.87. The van der Waals surface area contributed by atoms with Crippen molar-refractivity contribution in [1.29, 1.82) is 0 Å². The predicted molar refractivity (Wildman–Crippen MR) is 81.7 cm³/mol. The van der Waals surface area contributed by atoms with Gasteiger partial charge in [-0.25, -0.2) is 0 Å². The largest absolute Gasteiger partial charge is 0.373 e. The molecule has 1 unspecified atom stereocenters. The SMILES string of the molecule is CCCNC(c1ccnn1C)C1(OCC)CCCCC1. The molecule has 0 spiro atoms. The van der Waals surface area contributed by atoms with E-state index >= 15 is 0 Å². The maximum Gasteiger partial charge on any atom is 0.0891 e. The Morgan fingerprint density at radius 1 is 1.35 bits per heavy atom. The molecule has 20 heavy (non-hydrogen) atoms. The van der Waals surface area contributed by atoms with E-state index < -0.39 is 0 Å². The molecule has 0 saturated heterocycles. The minimum absolute atomic E-state index is 0.0596. The Labute approximate surface area is 122 Å². The van der Waals surface area contributed by atoms with Crippen molar-refractivity contribution in [1.82, 2.24) is 15.1 Å². The molecule has 0 aromatic carbocycles. The summed E-state index contributed by atoms with van der Waals surface area (Å²) < 4.78 is 8.29. The van der Waals surface area contributed by atoms with Crippen molar-refractivity contribution >= 4 is 0 Å². The third-order valence-corrected chi connectivity index (χ3v) is 4.41. The lowest BCUT2D eigenvalue weighted by atomic mass is 9.77. The normalized spacial score (nSPS) is 19.9. The van der Waals surface area contributed by atoms with Crippen LogP contribution in [-0.4, -0.2) is 28.5 Å². The van der Waals surface area contributed by atoms with Gasteiger partial charge in [-0.15, -0.1) is 0 Å². The smallest absolute Gasteiger partial charge is 0.0891 e. The molecule has 1 atom stereocenters. The zero-order valence-electron chi connectivity index (χ0n) is 13.2. The summed E-state index contributed by atoms with van der Waals surface area (Å²) in [4.78, 5) is 0. The van der Waals surface area contributed by atoms with E-state index in [1.165, 1.54) is 25.0 Å². The Balaban J connectivity index is 2.29. The van der Waals surface area contributed by atoms with E-state index in [0.29, 0.717) is 0 Å². The van der Waals surface area contributed by atoms with Gasteiger partial charge in [-0.2, -0.15) is 5.10 Å². The van der Waals surface area contributed by atoms with Gasteiger partial charge in [0.1, 0.15) is 0 Å². The maximum atomic E-state index is 6.30. The summed E-state index contributed by atoms with van der Waals surface area (Å²) in [5.74, 6) is 0. The molecule has 1 aromatic heterocycles. The van der Waals surface area contributed by atoms with Crippen LogP contribution >= 0.6 is 0 Å². The second-order valence-electron chi connectivity index (χ2n) is 5.83. The zero-order chi connectivity index (χ0) is 14.4. The van der Waals surface area contributed by atoms with Crippen molar-refractivity contribution in [2.45, 2.75) is 64.0 Å². The first kappa shape index (κ1) is 15.5. The molecule has 1 heterocycles. The van der Waals surface area contributed by atoms with Crippen molar-refractivity contribution in [3.05, 3.63) is 18.0 Å². The molecule has 4 nitrogen and oxygen atoms in total. The topological polar surface area (TPSA) is 39.1 Å². The van der Waals surface area contributed by atoms with Crippen LogP contribution in [0.3, 0.4) is 0 Å². The van der Waals surface area contributed by atoms with E-state index in [9.17, 15) is 0 Å². The number of aryl methyl sites for hydroxylation is 1. The van der Waals surface area contributed by atoms with Crippen LogP contribution in [0.4, 0.5) is 0 Å². The Kier molecular flexibility index (Phi) is 5.61. The van der Waals surface area contributed by atoms with Crippen LogP contribution in [0.15, 0.2) is 12.3 Å². The summed E-state index contributed by atoms with van der Waals surface area (Å²) >= 11 is 0. The maximum absolute atomic E-state index is 6.30. The van der Waals surface area contributed by atoms with Crippen LogP contribution in [0.25, 0.3) is 0 Å². The monoisotopic (exact) mass is 279 g/mol. The third kappa shape index (κ3) is 3.23. The van der Waals surface area contributed by atoms with Crippen molar-refractivity contribution < 1.29 is 4.74 Å². The molecule has 1 saturated carbocycles. The van der Waals surface area contributed by atoms with Crippen LogP contribution in [0.5, 0.6) is 0 Å². The number of hydrogen-bond acceptors (Lipinski definition) is 3. The van der Waals surface area contributed by atoms with E-state index in [2.05, 4.69) is 30.3 Å². The first-order valence-corrected chi connectivity index (χ1v) is 8.08. The molecule has 2 rings (SSSR count). The number of nitrogens with one attached hydrogen (secondary N) is 1. The number of ether oxygens (including phenoxy) is 1. The van der Waals surface area contributed by atoms with Crippen LogP contribution in [0.1, 0.15) is 64.1 Å². The zero-order valence-corrected chi connectivity index (χ0v) is 13.2. The molecule has 0 bridgehead atoms. The average molecular weight is 279 g/mol. The van der Waals surface area contributed by atoms with E-state index in [0.717, 1.165) is 32.4 Å². The molecule has 1 N–H and O–H groups in total. The summed E-state index contributed by atoms with van der Waals surface area (Å²) in [5, 5.41) is 8.07. The molecule has 1 aliphatic rings. The van der Waals surface area contributed by atoms with Crippen LogP contribution in [0.2, 0.25) is 0 Å². The van der Waals surface area contributed by atoms with Gasteiger partial charge in [-0.05, 0) is 38.8 Å². The van der Waals surface area contributed by atoms with Crippen LogP contribution in [-0.2, 0) is 11.8 Å². The molecule has 1 aromatic rings. The molecular weight excluding hydrogens is 250 g/mol. The quantitative estimate of drug-likeness (QED) is 0.833. The van der Waals surface area contributed by atoms with Gasteiger partial charge < -0.3 is 10.1 Å². The molecule has 114 valence electrons. The molecule has 0 amide bonds. The lowest BCUT2D eigenvalue weighted by Crippen LogP contribution is -2.48. The minimum atomic E-state index is -0.0596. The fourth-order valence-corrected chi connectivity index (χ4v) is 3.47. The van der Waals surface area contributed by atoms with Gasteiger partial charge in [0.2, 0.25) is 0 Å². The van der Waals surface area contributed by atoms with E-state index in [1.807, 2.05) is 17.9 Å². The lowest BCUT2D eigenvalue weighted by molar-refractivity contribution is -0.0927. The van der Waals surface area contributed by atoms with Gasteiger partial charge >= 0.3 is 0 Å². The highest BCUT2D eigenvalue weighted by molar-refractivity contribution is 5.14. The predicted octanol–water partition coefficient (Wildman–Crippen LogP) is 3.20. The second kappa shape index (κ2) is 7.23. The summed E-state index contributed by atoms with van der Waals surface area (Å²) in [7, 11) is 2.03. The van der Waals surface area contributed by atoms with Gasteiger partial charge in [-0.3, -0.25) is 4.68 Å². The fraction of sp³-hybridized carbons (Fsp3) is 0.812. The molecule has 0 radical (unpaired) electrons. The molecule has 4 heteroatoms. The highest BCUT2D eigenvalue weighted by Crippen LogP contribution is 2.41. The number of rotatable bonds is 7. The summed E-state index contributed by atoms with van der Waals surface area (Å²) in [5.41, 5.74) is 1.18. The molecule has 1 fully saturated rings. The van der Waals surface area contributed by atoms with Gasteiger partial charge in [0.25, 0.3) is 0 Å². The van der Waals surface area contributed by atoms with E-state index in [1.54, 1.807) is 0 Å². The Bertz CT molecular complexity index is 391. The van der Waals surface area contributed by atoms with Crippen molar-refractivity contribution in [2.75, 3.05) is 13.2 Å². The van der Waals surface area contributed by atoms with Crippen LogP contribution < -0.4 is 5.32 Å². The number of aromatic nitrogens is 2. The highest BCUT2D eigenvalue weighted by atomic mass is 16.5. The second-order valence-corrected chi connectivity index (χ2v) is 5.83. The molecule has 1 aliphatic carbocycles. The van der Waals surface area contributed by atoms with E-state index in [-0.39, 0.29) is 11.6 Å². The van der Waals surface area contributed by atoms with Crippen molar-refractivity contribution in [3.63, 3.8) is 0 Å². The molecular formula is C16H29N3O. The number of nitrogens with zero attached hydrogens (tertiary/aromatic N) is 2. The highest BCUT2D eigenvalue weighted by Gasteiger charge is 2.42. The van der Waals surface area contributed by atoms with Gasteiger partial charge in [0, 0.05) is 19.9 Å². The van der Waals surface area contributed by atoms with Crippen LogP contribution in [0, 0.1) is 0 Å².